The van der Waals surface area contributed by atoms with Crippen molar-refractivity contribution in [3.63, 3.8) is 0 Å². The molecule has 0 aliphatic carbocycles. The fraction of sp³-hybridized carbons (Fsp3) is 0.467. The summed E-state index contributed by atoms with van der Waals surface area (Å²) in [5, 5.41) is 3.09. The van der Waals surface area contributed by atoms with Crippen LogP contribution in [0.2, 0.25) is 0 Å². The molecule has 1 aromatic heterocycles. The molecule has 1 atom stereocenters. The number of nitrogens with zero attached hydrogens (tertiary/aromatic N) is 1. The Morgan fingerprint density at radius 2 is 2.25 bits per heavy atom. The molecule has 5 heteroatoms. The van der Waals surface area contributed by atoms with Crippen LogP contribution in [-0.2, 0) is 4.74 Å². The van der Waals surface area contributed by atoms with Gasteiger partial charge in [0.15, 0.2) is 0 Å². The second-order valence-electron chi connectivity index (χ2n) is 5.35. The normalized spacial score (nSPS) is 18.1. The van der Waals surface area contributed by atoms with Crippen LogP contribution in [0, 0.1) is 5.92 Å². The van der Waals surface area contributed by atoms with E-state index >= 15 is 0 Å². The molecular formula is C15H19N3O2. The summed E-state index contributed by atoms with van der Waals surface area (Å²) in [6, 6.07) is 5.69. The first kappa shape index (κ1) is 13.1. The lowest BCUT2D eigenvalue weighted by Crippen LogP contribution is -2.40. The van der Waals surface area contributed by atoms with Crippen molar-refractivity contribution >= 4 is 16.9 Å². The highest BCUT2D eigenvalue weighted by Crippen LogP contribution is 2.19. The molecule has 2 N–H and O–H groups in total. The third kappa shape index (κ3) is 2.67. The van der Waals surface area contributed by atoms with Crippen LogP contribution in [0.1, 0.15) is 30.1 Å². The van der Waals surface area contributed by atoms with E-state index < -0.39 is 0 Å². The Kier molecular flexibility index (Phi) is 3.69. The number of H-pyrrole nitrogens is 1. The molecule has 0 radical (unpaired) electrons. The first-order chi connectivity index (χ1) is 9.74. The number of amides is 1. The van der Waals surface area contributed by atoms with Crippen LogP contribution in [0.4, 0.5) is 0 Å². The van der Waals surface area contributed by atoms with Gasteiger partial charge >= 0.3 is 0 Å². The number of hydrogen-bond donors (Lipinski definition) is 2. The maximum atomic E-state index is 12.3. The lowest BCUT2D eigenvalue weighted by atomic mass is 9.93. The molecule has 1 unspecified atom stereocenters. The number of rotatable bonds is 3. The molecule has 1 aromatic carbocycles. The van der Waals surface area contributed by atoms with E-state index in [1.165, 1.54) is 0 Å². The Hall–Kier alpha value is -1.88. The zero-order chi connectivity index (χ0) is 13.9. The predicted molar refractivity (Wildman–Crippen MR) is 76.6 cm³/mol. The highest BCUT2D eigenvalue weighted by atomic mass is 16.5. The molecule has 2 heterocycles. The summed E-state index contributed by atoms with van der Waals surface area (Å²) in [6.45, 7) is 3.67. The second-order valence-corrected chi connectivity index (χ2v) is 5.35. The molecule has 20 heavy (non-hydrogen) atoms. The van der Waals surface area contributed by atoms with Crippen LogP contribution in [0.25, 0.3) is 11.0 Å². The molecule has 1 amide bonds. The Morgan fingerprint density at radius 1 is 1.45 bits per heavy atom. The summed E-state index contributed by atoms with van der Waals surface area (Å²) in [7, 11) is 0. The van der Waals surface area contributed by atoms with E-state index in [9.17, 15) is 4.79 Å². The number of fused-ring (bicyclic) bond motifs is 1. The molecule has 1 aliphatic heterocycles. The van der Waals surface area contributed by atoms with Crippen molar-refractivity contribution in [2.24, 2.45) is 5.92 Å². The largest absolute Gasteiger partial charge is 0.381 e. The van der Waals surface area contributed by atoms with Crippen molar-refractivity contribution in [3.8, 4) is 0 Å². The minimum atomic E-state index is -0.0273. The van der Waals surface area contributed by atoms with Crippen molar-refractivity contribution in [3.05, 3.63) is 30.1 Å². The number of aromatic nitrogens is 2. The second kappa shape index (κ2) is 5.63. The van der Waals surface area contributed by atoms with Gasteiger partial charge < -0.3 is 15.0 Å². The van der Waals surface area contributed by atoms with E-state index in [4.69, 9.17) is 4.74 Å². The summed E-state index contributed by atoms with van der Waals surface area (Å²) >= 11 is 0. The minimum absolute atomic E-state index is 0.0273. The smallest absolute Gasteiger partial charge is 0.251 e. The van der Waals surface area contributed by atoms with Gasteiger partial charge in [0.05, 0.1) is 17.4 Å². The Labute approximate surface area is 117 Å². The molecule has 5 nitrogen and oxygen atoms in total. The van der Waals surface area contributed by atoms with Crippen LogP contribution >= 0.6 is 0 Å². The van der Waals surface area contributed by atoms with Crippen molar-refractivity contribution in [2.45, 2.75) is 25.8 Å². The average molecular weight is 273 g/mol. The fourth-order valence-electron chi connectivity index (χ4n) is 2.70. The van der Waals surface area contributed by atoms with Gasteiger partial charge in [-0.2, -0.15) is 0 Å². The molecule has 3 rings (SSSR count). The predicted octanol–water partition coefficient (Wildman–Crippen LogP) is 2.11. The SMILES string of the molecule is CC(NC(=O)c1ccc2nc[nH]c2c1)C1CCOCC1. The molecule has 1 fully saturated rings. The molecule has 2 aromatic rings. The van der Waals surface area contributed by atoms with Gasteiger partial charge in [0.25, 0.3) is 5.91 Å². The quantitative estimate of drug-likeness (QED) is 0.900. The monoisotopic (exact) mass is 273 g/mol. The maximum Gasteiger partial charge on any atom is 0.251 e. The number of benzene rings is 1. The standard InChI is InChI=1S/C15H19N3O2/c1-10(11-4-6-20-7-5-11)18-15(19)12-2-3-13-14(8-12)17-9-16-13/h2-3,8-11H,4-7H2,1H3,(H,16,17)(H,18,19). The number of carbonyl (C=O) groups excluding carboxylic acids is 1. The minimum Gasteiger partial charge on any atom is -0.381 e. The first-order valence-electron chi connectivity index (χ1n) is 7.06. The van der Waals surface area contributed by atoms with E-state index in [-0.39, 0.29) is 11.9 Å². The number of nitrogens with one attached hydrogen (secondary N) is 2. The van der Waals surface area contributed by atoms with Crippen molar-refractivity contribution in [1.82, 2.24) is 15.3 Å². The molecule has 106 valence electrons. The number of ether oxygens (including phenoxy) is 1. The van der Waals surface area contributed by atoms with Crippen molar-refractivity contribution in [2.75, 3.05) is 13.2 Å². The van der Waals surface area contributed by atoms with Crippen molar-refractivity contribution in [1.29, 1.82) is 0 Å². The van der Waals surface area contributed by atoms with E-state index in [2.05, 4.69) is 22.2 Å². The zero-order valence-corrected chi connectivity index (χ0v) is 11.6. The topological polar surface area (TPSA) is 67.0 Å². The number of imidazole rings is 1. The van der Waals surface area contributed by atoms with Crippen molar-refractivity contribution < 1.29 is 9.53 Å². The van der Waals surface area contributed by atoms with Crippen LogP contribution in [0.5, 0.6) is 0 Å². The molecule has 1 saturated heterocycles. The highest BCUT2D eigenvalue weighted by Gasteiger charge is 2.22. The van der Waals surface area contributed by atoms with Gasteiger partial charge in [-0.15, -0.1) is 0 Å². The van der Waals surface area contributed by atoms with Gasteiger partial charge in [-0.3, -0.25) is 4.79 Å². The lowest BCUT2D eigenvalue weighted by molar-refractivity contribution is 0.0538. The zero-order valence-electron chi connectivity index (χ0n) is 11.6. The molecule has 0 bridgehead atoms. The summed E-state index contributed by atoms with van der Waals surface area (Å²) in [5.74, 6) is 0.476. The lowest BCUT2D eigenvalue weighted by Gasteiger charge is -2.28. The average Bonchev–Trinajstić information content (AvgIpc) is 2.95. The van der Waals surface area contributed by atoms with Gasteiger partial charge in [0.1, 0.15) is 0 Å². The maximum absolute atomic E-state index is 12.3. The van der Waals surface area contributed by atoms with Gasteiger partial charge in [-0.05, 0) is 43.9 Å². The summed E-state index contributed by atoms with van der Waals surface area (Å²) in [5.41, 5.74) is 2.43. The molecule has 0 saturated carbocycles. The molecule has 0 spiro atoms. The Bertz CT molecular complexity index is 602. The highest BCUT2D eigenvalue weighted by molar-refractivity contribution is 5.97. The van der Waals surface area contributed by atoms with E-state index in [1.807, 2.05) is 18.2 Å². The third-order valence-corrected chi connectivity index (χ3v) is 4.01. The van der Waals surface area contributed by atoms with Crippen LogP contribution in [0.15, 0.2) is 24.5 Å². The summed E-state index contributed by atoms with van der Waals surface area (Å²) < 4.78 is 5.36. The van der Waals surface area contributed by atoms with E-state index in [0.29, 0.717) is 11.5 Å². The third-order valence-electron chi connectivity index (χ3n) is 4.01. The van der Waals surface area contributed by atoms with Gasteiger partial charge in [-0.25, -0.2) is 4.98 Å². The summed E-state index contributed by atoms with van der Waals surface area (Å²) in [4.78, 5) is 19.5. The van der Waals surface area contributed by atoms with E-state index in [0.717, 1.165) is 37.1 Å². The van der Waals surface area contributed by atoms with Crippen LogP contribution in [0.3, 0.4) is 0 Å². The Morgan fingerprint density at radius 3 is 3.05 bits per heavy atom. The van der Waals surface area contributed by atoms with Gasteiger partial charge in [0.2, 0.25) is 0 Å². The van der Waals surface area contributed by atoms with Gasteiger partial charge in [-0.1, -0.05) is 0 Å². The van der Waals surface area contributed by atoms with Gasteiger partial charge in [0, 0.05) is 24.8 Å². The molecule has 1 aliphatic rings. The Balaban J connectivity index is 1.68. The fourth-order valence-corrected chi connectivity index (χ4v) is 2.70. The summed E-state index contributed by atoms with van der Waals surface area (Å²) in [6.07, 6.45) is 3.67. The number of hydrogen-bond acceptors (Lipinski definition) is 3. The van der Waals surface area contributed by atoms with Crippen LogP contribution in [-0.4, -0.2) is 35.1 Å². The van der Waals surface area contributed by atoms with Crippen LogP contribution < -0.4 is 5.32 Å². The van der Waals surface area contributed by atoms with E-state index in [1.54, 1.807) is 6.33 Å². The first-order valence-corrected chi connectivity index (χ1v) is 7.06. The number of aromatic amines is 1. The number of carbonyl (C=O) groups is 1. The molecular weight excluding hydrogens is 254 g/mol.